The fraction of sp³-hybridized carbons (Fsp3) is 0.158. The second kappa shape index (κ2) is 7.14. The SMILES string of the molecule is COc1ccc(Nc2c(C(=O)C(F)(F)F)c(OC)nc3ccccc23)cc1. The van der Waals surface area contributed by atoms with Crippen LogP contribution in [0.4, 0.5) is 24.5 Å². The number of fused-ring (bicyclic) bond motifs is 1. The van der Waals surface area contributed by atoms with Crippen molar-refractivity contribution in [2.45, 2.75) is 6.18 Å². The highest BCUT2D eigenvalue weighted by Gasteiger charge is 2.43. The lowest BCUT2D eigenvalue weighted by molar-refractivity contribution is -0.0886. The number of rotatable bonds is 5. The minimum atomic E-state index is -5.08. The van der Waals surface area contributed by atoms with Crippen LogP contribution in [0.1, 0.15) is 10.4 Å². The summed E-state index contributed by atoms with van der Waals surface area (Å²) in [5, 5.41) is 3.26. The molecule has 0 fully saturated rings. The monoisotopic (exact) mass is 376 g/mol. The second-order valence-electron chi connectivity index (χ2n) is 5.57. The molecule has 0 unspecified atom stereocenters. The van der Waals surface area contributed by atoms with Gasteiger partial charge in [-0.3, -0.25) is 4.79 Å². The van der Waals surface area contributed by atoms with Crippen LogP contribution in [0, 0.1) is 0 Å². The van der Waals surface area contributed by atoms with Crippen molar-refractivity contribution in [2.75, 3.05) is 19.5 Å². The topological polar surface area (TPSA) is 60.5 Å². The first-order chi connectivity index (χ1) is 12.8. The molecule has 0 saturated heterocycles. The lowest BCUT2D eigenvalue weighted by atomic mass is 10.0. The van der Waals surface area contributed by atoms with Crippen molar-refractivity contribution >= 4 is 28.1 Å². The summed E-state index contributed by atoms with van der Waals surface area (Å²) in [6, 6.07) is 13.1. The molecule has 3 aromatic rings. The molecule has 0 aliphatic rings. The molecule has 1 N–H and O–H groups in total. The summed E-state index contributed by atoms with van der Waals surface area (Å²) in [7, 11) is 2.67. The molecule has 5 nitrogen and oxygen atoms in total. The molecule has 0 saturated carbocycles. The van der Waals surface area contributed by atoms with Crippen molar-refractivity contribution in [3.05, 3.63) is 54.1 Å². The summed E-state index contributed by atoms with van der Waals surface area (Å²) in [6.07, 6.45) is -5.08. The average molecular weight is 376 g/mol. The Balaban J connectivity index is 2.24. The number of para-hydroxylation sites is 1. The van der Waals surface area contributed by atoms with Gasteiger partial charge in [0, 0.05) is 11.1 Å². The van der Waals surface area contributed by atoms with Crippen molar-refractivity contribution in [3.63, 3.8) is 0 Å². The van der Waals surface area contributed by atoms with Crippen LogP contribution in [-0.2, 0) is 0 Å². The number of anilines is 2. The van der Waals surface area contributed by atoms with Gasteiger partial charge in [-0.1, -0.05) is 18.2 Å². The van der Waals surface area contributed by atoms with Gasteiger partial charge in [0.15, 0.2) is 0 Å². The van der Waals surface area contributed by atoms with Crippen molar-refractivity contribution in [1.29, 1.82) is 0 Å². The number of benzene rings is 2. The van der Waals surface area contributed by atoms with Crippen molar-refractivity contribution in [2.24, 2.45) is 0 Å². The molecule has 1 aromatic heterocycles. The molecule has 0 radical (unpaired) electrons. The first-order valence-corrected chi connectivity index (χ1v) is 7.84. The molecule has 0 bridgehead atoms. The molecule has 8 heteroatoms. The zero-order valence-corrected chi connectivity index (χ0v) is 14.4. The summed E-state index contributed by atoms with van der Waals surface area (Å²) in [4.78, 5) is 16.2. The Labute approximate surface area is 152 Å². The molecule has 27 heavy (non-hydrogen) atoms. The largest absolute Gasteiger partial charge is 0.497 e. The Kier molecular flexibility index (Phi) is 4.89. The van der Waals surface area contributed by atoms with Crippen molar-refractivity contribution in [1.82, 2.24) is 4.98 Å². The minimum Gasteiger partial charge on any atom is -0.497 e. The summed E-state index contributed by atoms with van der Waals surface area (Å²) in [5.74, 6) is -1.84. The Bertz CT molecular complexity index is 986. The number of pyridine rings is 1. The number of Topliss-reactive ketones (excluding diaryl/α,β-unsaturated/α-hetero) is 1. The fourth-order valence-corrected chi connectivity index (χ4v) is 2.64. The molecule has 0 spiro atoms. The number of nitrogens with one attached hydrogen (secondary N) is 1. The van der Waals surface area contributed by atoms with E-state index in [9.17, 15) is 18.0 Å². The van der Waals surface area contributed by atoms with Gasteiger partial charge in [-0.25, -0.2) is 4.98 Å². The third-order valence-electron chi connectivity index (χ3n) is 3.90. The number of ether oxygens (including phenoxy) is 2. The standard InChI is InChI=1S/C19H15F3N2O3/c1-26-12-9-7-11(8-10-12)23-16-13-5-3-4-6-14(13)24-18(27-2)15(16)17(25)19(20,21)22/h3-10H,1-2H3,(H,23,24). The van der Waals surface area contributed by atoms with E-state index in [0.29, 0.717) is 22.3 Å². The number of methoxy groups -OCH3 is 2. The third-order valence-corrected chi connectivity index (χ3v) is 3.90. The predicted molar refractivity (Wildman–Crippen MR) is 95.0 cm³/mol. The number of hydrogen-bond acceptors (Lipinski definition) is 5. The van der Waals surface area contributed by atoms with Crippen molar-refractivity contribution in [3.8, 4) is 11.6 Å². The summed E-state index contributed by atoms with van der Waals surface area (Å²) < 4.78 is 49.6. The molecular formula is C19H15F3N2O3. The van der Waals surface area contributed by atoms with Crippen LogP contribution in [-0.4, -0.2) is 31.2 Å². The van der Waals surface area contributed by atoms with Crippen LogP contribution in [0.5, 0.6) is 11.6 Å². The lowest BCUT2D eigenvalue weighted by Gasteiger charge is -2.18. The van der Waals surface area contributed by atoms with Gasteiger partial charge in [-0.05, 0) is 30.3 Å². The highest BCUT2D eigenvalue weighted by molar-refractivity contribution is 6.13. The van der Waals surface area contributed by atoms with Crippen molar-refractivity contribution < 1.29 is 27.4 Å². The van der Waals surface area contributed by atoms with E-state index in [1.165, 1.54) is 14.2 Å². The van der Waals surface area contributed by atoms with Gasteiger partial charge in [0.1, 0.15) is 11.3 Å². The van der Waals surface area contributed by atoms with Crippen LogP contribution in [0.2, 0.25) is 0 Å². The van der Waals surface area contributed by atoms with E-state index in [-0.39, 0.29) is 5.69 Å². The Morgan fingerprint density at radius 2 is 1.67 bits per heavy atom. The lowest BCUT2D eigenvalue weighted by Crippen LogP contribution is -2.25. The molecular weight excluding hydrogens is 361 g/mol. The van der Waals surface area contributed by atoms with Crippen LogP contribution in [0.3, 0.4) is 0 Å². The van der Waals surface area contributed by atoms with Gasteiger partial charge in [-0.15, -0.1) is 0 Å². The number of ketones is 1. The van der Waals surface area contributed by atoms with Crippen LogP contribution in [0.15, 0.2) is 48.5 Å². The second-order valence-corrected chi connectivity index (χ2v) is 5.57. The first-order valence-electron chi connectivity index (χ1n) is 7.84. The maximum atomic E-state index is 13.2. The highest BCUT2D eigenvalue weighted by Crippen LogP contribution is 2.38. The van der Waals surface area contributed by atoms with E-state index in [2.05, 4.69) is 10.3 Å². The summed E-state index contributed by atoms with van der Waals surface area (Å²) in [5.41, 5.74) is 0.180. The molecule has 2 aromatic carbocycles. The van der Waals surface area contributed by atoms with E-state index in [1.54, 1.807) is 48.5 Å². The van der Waals surface area contributed by atoms with Gasteiger partial charge < -0.3 is 14.8 Å². The fourth-order valence-electron chi connectivity index (χ4n) is 2.64. The quantitative estimate of drug-likeness (QED) is 0.652. The smallest absolute Gasteiger partial charge is 0.455 e. The molecule has 0 atom stereocenters. The summed E-state index contributed by atoms with van der Waals surface area (Å²) in [6.45, 7) is 0. The van der Waals surface area contributed by atoms with Gasteiger partial charge >= 0.3 is 6.18 Å². The number of aromatic nitrogens is 1. The normalized spacial score (nSPS) is 11.3. The molecule has 3 rings (SSSR count). The van der Waals surface area contributed by atoms with Crippen LogP contribution >= 0.6 is 0 Å². The molecule has 0 amide bonds. The van der Waals surface area contributed by atoms with E-state index in [0.717, 1.165) is 0 Å². The third kappa shape index (κ3) is 3.64. The van der Waals surface area contributed by atoms with Gasteiger partial charge in [-0.2, -0.15) is 13.2 Å². The molecule has 0 aliphatic heterocycles. The zero-order valence-electron chi connectivity index (χ0n) is 14.4. The number of halogens is 3. The number of hydrogen-bond donors (Lipinski definition) is 1. The molecule has 0 aliphatic carbocycles. The maximum Gasteiger partial charge on any atom is 0.455 e. The van der Waals surface area contributed by atoms with E-state index in [4.69, 9.17) is 9.47 Å². The van der Waals surface area contributed by atoms with Gasteiger partial charge in [0.2, 0.25) is 5.88 Å². The molecule has 1 heterocycles. The average Bonchev–Trinajstić information content (AvgIpc) is 2.67. The van der Waals surface area contributed by atoms with E-state index in [1.807, 2.05) is 0 Å². The zero-order chi connectivity index (χ0) is 19.6. The minimum absolute atomic E-state index is 0.0232. The maximum absolute atomic E-state index is 13.2. The number of alkyl halides is 3. The predicted octanol–water partition coefficient (Wildman–Crippen LogP) is 4.74. The number of carbonyl (C=O) groups is 1. The Morgan fingerprint density at radius 1 is 1.00 bits per heavy atom. The van der Waals surface area contributed by atoms with E-state index >= 15 is 0 Å². The first kappa shape index (κ1) is 18.5. The number of nitrogens with zero attached hydrogens (tertiary/aromatic N) is 1. The Morgan fingerprint density at radius 3 is 2.26 bits per heavy atom. The van der Waals surface area contributed by atoms with E-state index < -0.39 is 23.4 Å². The Hall–Kier alpha value is -3.29. The highest BCUT2D eigenvalue weighted by atomic mass is 19.4. The number of carbonyl (C=O) groups excluding carboxylic acids is 1. The summed E-state index contributed by atoms with van der Waals surface area (Å²) >= 11 is 0. The molecule has 140 valence electrons. The van der Waals surface area contributed by atoms with Crippen LogP contribution < -0.4 is 14.8 Å². The van der Waals surface area contributed by atoms with Crippen LogP contribution in [0.25, 0.3) is 10.9 Å². The van der Waals surface area contributed by atoms with Gasteiger partial charge in [0.25, 0.3) is 5.78 Å². The van der Waals surface area contributed by atoms with Gasteiger partial charge in [0.05, 0.1) is 25.4 Å².